The van der Waals surface area contributed by atoms with Crippen LogP contribution in [0.4, 0.5) is 0 Å². The molecule has 0 bridgehead atoms. The molecule has 1 N–H and O–H groups in total. The molecule has 0 atom stereocenters. The van der Waals surface area contributed by atoms with Crippen LogP contribution in [0.15, 0.2) is 47.6 Å². The van der Waals surface area contributed by atoms with Gasteiger partial charge in [-0.25, -0.2) is 0 Å². The fourth-order valence-electron chi connectivity index (χ4n) is 1.83. The van der Waals surface area contributed by atoms with E-state index < -0.39 is 0 Å². The monoisotopic (exact) mass is 305 g/mol. The molecule has 0 aliphatic heterocycles. The van der Waals surface area contributed by atoms with E-state index in [9.17, 15) is 4.79 Å². The zero-order valence-corrected chi connectivity index (χ0v) is 12.1. The van der Waals surface area contributed by atoms with Gasteiger partial charge in [0.15, 0.2) is 0 Å². The van der Waals surface area contributed by atoms with Crippen molar-refractivity contribution in [2.45, 2.75) is 11.6 Å². The van der Waals surface area contributed by atoms with Crippen LogP contribution in [0.25, 0.3) is 5.69 Å². The van der Waals surface area contributed by atoms with Crippen molar-refractivity contribution in [3.8, 4) is 11.1 Å². The molecular formula is C14H12ClN3OS. The third-order valence-electron chi connectivity index (χ3n) is 2.71. The average molecular weight is 306 g/mol. The Morgan fingerprint density at radius 2 is 2.15 bits per heavy atom. The maximum absolute atomic E-state index is 11.3. The van der Waals surface area contributed by atoms with Gasteiger partial charge >= 0.3 is 0 Å². The van der Waals surface area contributed by atoms with E-state index in [-0.39, 0.29) is 11.8 Å². The van der Waals surface area contributed by atoms with Crippen LogP contribution >= 0.6 is 23.4 Å². The average Bonchev–Trinajstić information content (AvgIpc) is 2.93. The molecule has 0 unspecified atom stereocenters. The standard InChI is InChI=1S/C14H12ClN3OS/c15-8-13(19)17-9-11-4-1-2-5-12(11)18-7-3-6-14(18)20-10-16/h1-7H,8-9H2,(H,17,19). The number of thioether (sulfide) groups is 1. The third-order valence-corrected chi connectivity index (χ3v) is 3.59. The van der Waals surface area contributed by atoms with Crippen LogP contribution in [0.3, 0.4) is 0 Å². The number of alkyl halides is 1. The van der Waals surface area contributed by atoms with Crippen molar-refractivity contribution < 1.29 is 4.79 Å². The van der Waals surface area contributed by atoms with Crippen LogP contribution < -0.4 is 5.32 Å². The first-order valence-electron chi connectivity index (χ1n) is 5.90. The van der Waals surface area contributed by atoms with Gasteiger partial charge in [0, 0.05) is 24.5 Å². The molecule has 0 aliphatic carbocycles. The number of aromatic nitrogens is 1. The summed E-state index contributed by atoms with van der Waals surface area (Å²) < 4.78 is 1.93. The maximum Gasteiger partial charge on any atom is 0.235 e. The van der Waals surface area contributed by atoms with Gasteiger partial charge in [0.25, 0.3) is 0 Å². The van der Waals surface area contributed by atoms with Gasteiger partial charge in [0.05, 0.1) is 10.7 Å². The Kier molecular flexibility index (Phi) is 5.10. The Morgan fingerprint density at radius 1 is 1.35 bits per heavy atom. The van der Waals surface area contributed by atoms with Crippen molar-refractivity contribution in [3.05, 3.63) is 48.2 Å². The van der Waals surface area contributed by atoms with Gasteiger partial charge in [0.1, 0.15) is 11.3 Å². The Hall–Kier alpha value is -1.90. The lowest BCUT2D eigenvalue weighted by Gasteiger charge is -2.13. The lowest BCUT2D eigenvalue weighted by Crippen LogP contribution is -2.24. The fraction of sp³-hybridized carbons (Fsp3) is 0.143. The number of nitrogens with one attached hydrogen (secondary N) is 1. The topological polar surface area (TPSA) is 57.8 Å². The number of halogens is 1. The van der Waals surface area contributed by atoms with Gasteiger partial charge < -0.3 is 9.88 Å². The van der Waals surface area contributed by atoms with Gasteiger partial charge in [-0.2, -0.15) is 5.26 Å². The summed E-state index contributed by atoms with van der Waals surface area (Å²) in [5, 5.41) is 14.5. The summed E-state index contributed by atoms with van der Waals surface area (Å²) in [6.07, 6.45) is 1.89. The second kappa shape index (κ2) is 7.04. The largest absolute Gasteiger partial charge is 0.351 e. The van der Waals surface area contributed by atoms with Crippen molar-refractivity contribution in [2.75, 3.05) is 5.88 Å². The normalized spacial score (nSPS) is 10.0. The van der Waals surface area contributed by atoms with Crippen LogP contribution in [0.2, 0.25) is 0 Å². The molecule has 2 aromatic rings. The molecule has 0 spiro atoms. The van der Waals surface area contributed by atoms with E-state index in [4.69, 9.17) is 16.9 Å². The summed E-state index contributed by atoms with van der Waals surface area (Å²) in [6.45, 7) is 0.399. The van der Waals surface area contributed by atoms with Crippen LogP contribution in [-0.2, 0) is 11.3 Å². The Morgan fingerprint density at radius 3 is 2.90 bits per heavy atom. The second-order valence-corrected chi connectivity index (χ2v) is 5.02. The SMILES string of the molecule is N#CSc1cccn1-c1ccccc1CNC(=O)CCl. The van der Waals surface area contributed by atoms with Gasteiger partial charge in [-0.05, 0) is 23.8 Å². The molecule has 4 nitrogen and oxygen atoms in total. The van der Waals surface area contributed by atoms with E-state index in [1.54, 1.807) is 0 Å². The molecule has 2 rings (SSSR count). The van der Waals surface area contributed by atoms with E-state index in [0.29, 0.717) is 6.54 Å². The highest BCUT2D eigenvalue weighted by Crippen LogP contribution is 2.24. The van der Waals surface area contributed by atoms with Gasteiger partial charge in [-0.1, -0.05) is 18.2 Å². The molecule has 1 aromatic heterocycles. The minimum Gasteiger partial charge on any atom is -0.351 e. The zero-order valence-electron chi connectivity index (χ0n) is 10.5. The highest BCUT2D eigenvalue weighted by atomic mass is 35.5. The number of carbonyl (C=O) groups excluding carboxylic acids is 1. The summed E-state index contributed by atoms with van der Waals surface area (Å²) >= 11 is 6.57. The third kappa shape index (κ3) is 3.35. The first-order valence-corrected chi connectivity index (χ1v) is 7.25. The smallest absolute Gasteiger partial charge is 0.235 e. The summed E-state index contributed by atoms with van der Waals surface area (Å²) in [4.78, 5) is 11.3. The molecule has 102 valence electrons. The van der Waals surface area contributed by atoms with Crippen molar-refractivity contribution in [2.24, 2.45) is 0 Å². The van der Waals surface area contributed by atoms with Crippen LogP contribution in [-0.4, -0.2) is 16.4 Å². The lowest BCUT2D eigenvalue weighted by atomic mass is 10.1. The first-order chi connectivity index (χ1) is 9.76. The first kappa shape index (κ1) is 14.5. The number of nitrogens with zero attached hydrogens (tertiary/aromatic N) is 2. The molecule has 0 saturated heterocycles. The summed E-state index contributed by atoms with van der Waals surface area (Å²) in [6, 6.07) is 11.5. The number of amides is 1. The Labute approximate surface area is 126 Å². The minimum absolute atomic E-state index is 0.0543. The van der Waals surface area contributed by atoms with E-state index in [1.807, 2.05) is 47.2 Å². The fourth-order valence-corrected chi connectivity index (χ4v) is 2.42. The quantitative estimate of drug-likeness (QED) is 0.525. The molecule has 0 aliphatic rings. The number of hydrogen-bond donors (Lipinski definition) is 1. The number of carbonyl (C=O) groups is 1. The van der Waals surface area contributed by atoms with Gasteiger partial charge in [-0.15, -0.1) is 11.6 Å². The summed E-state index contributed by atoms with van der Waals surface area (Å²) in [7, 11) is 0. The number of hydrogen-bond acceptors (Lipinski definition) is 3. The number of para-hydroxylation sites is 1. The molecule has 20 heavy (non-hydrogen) atoms. The predicted octanol–water partition coefficient (Wildman–Crippen LogP) is 2.91. The molecule has 1 heterocycles. The molecule has 1 amide bonds. The van der Waals surface area contributed by atoms with Crippen LogP contribution in [0, 0.1) is 10.7 Å². The van der Waals surface area contributed by atoms with Crippen LogP contribution in [0.5, 0.6) is 0 Å². The van der Waals surface area contributed by atoms with E-state index in [0.717, 1.165) is 28.0 Å². The molecular weight excluding hydrogens is 294 g/mol. The Balaban J connectivity index is 2.30. The van der Waals surface area contributed by atoms with E-state index in [2.05, 4.69) is 10.7 Å². The molecule has 0 radical (unpaired) electrons. The Bertz CT molecular complexity index is 648. The van der Waals surface area contributed by atoms with Crippen molar-refractivity contribution >= 4 is 29.3 Å². The van der Waals surface area contributed by atoms with Gasteiger partial charge in [-0.3, -0.25) is 4.79 Å². The molecule has 6 heteroatoms. The summed E-state index contributed by atoms with van der Waals surface area (Å²) in [5.41, 5.74) is 1.90. The predicted molar refractivity (Wildman–Crippen MR) is 79.8 cm³/mol. The number of nitriles is 1. The van der Waals surface area contributed by atoms with Crippen molar-refractivity contribution in [3.63, 3.8) is 0 Å². The van der Waals surface area contributed by atoms with Crippen molar-refractivity contribution in [1.82, 2.24) is 9.88 Å². The highest BCUT2D eigenvalue weighted by Gasteiger charge is 2.09. The van der Waals surface area contributed by atoms with Crippen LogP contribution in [0.1, 0.15) is 5.56 Å². The molecule has 0 fully saturated rings. The number of thiocyanates is 1. The maximum atomic E-state index is 11.3. The zero-order chi connectivity index (χ0) is 14.4. The molecule has 1 aromatic carbocycles. The second-order valence-electron chi connectivity index (χ2n) is 3.95. The number of rotatable bonds is 5. The summed E-state index contributed by atoms with van der Waals surface area (Å²) in [5.74, 6) is -0.262. The van der Waals surface area contributed by atoms with Gasteiger partial charge in [0.2, 0.25) is 5.91 Å². The lowest BCUT2D eigenvalue weighted by molar-refractivity contribution is -0.118. The highest BCUT2D eigenvalue weighted by molar-refractivity contribution is 8.03. The van der Waals surface area contributed by atoms with Crippen molar-refractivity contribution in [1.29, 1.82) is 5.26 Å². The van der Waals surface area contributed by atoms with E-state index >= 15 is 0 Å². The number of benzene rings is 1. The van der Waals surface area contributed by atoms with E-state index in [1.165, 1.54) is 0 Å². The minimum atomic E-state index is -0.208. The molecule has 0 saturated carbocycles.